The predicted molar refractivity (Wildman–Crippen MR) is 88.2 cm³/mol. The van der Waals surface area contributed by atoms with E-state index in [1.165, 1.54) is 18.6 Å². The van der Waals surface area contributed by atoms with Gasteiger partial charge in [-0.15, -0.1) is 0 Å². The lowest BCUT2D eigenvalue weighted by atomic mass is 10.00. The van der Waals surface area contributed by atoms with E-state index in [0.717, 1.165) is 25.2 Å². The maximum atomic E-state index is 12.9. The number of piperidine rings is 1. The van der Waals surface area contributed by atoms with Crippen molar-refractivity contribution in [2.24, 2.45) is 5.92 Å². The monoisotopic (exact) mass is 313 g/mol. The fraction of sp³-hybridized carbons (Fsp3) is 0.333. The van der Waals surface area contributed by atoms with Gasteiger partial charge in [0.15, 0.2) is 0 Å². The van der Waals surface area contributed by atoms with Gasteiger partial charge in [0.1, 0.15) is 5.82 Å². The molecule has 1 fully saturated rings. The minimum atomic E-state index is -0.281. The van der Waals surface area contributed by atoms with Crippen molar-refractivity contribution in [1.82, 2.24) is 9.88 Å². The lowest BCUT2D eigenvalue weighted by Crippen LogP contribution is -2.39. The molecule has 1 aromatic heterocycles. The number of nitrogens with one attached hydrogen (secondary N) is 1. The third kappa shape index (κ3) is 3.86. The number of anilines is 2. The first-order valence-corrected chi connectivity index (χ1v) is 7.89. The Morgan fingerprint density at radius 3 is 2.78 bits per heavy atom. The van der Waals surface area contributed by atoms with Crippen LogP contribution in [0.3, 0.4) is 0 Å². The van der Waals surface area contributed by atoms with E-state index in [0.29, 0.717) is 17.2 Å². The third-order valence-electron chi connectivity index (χ3n) is 4.06. The molecule has 1 amide bonds. The van der Waals surface area contributed by atoms with E-state index < -0.39 is 0 Å². The summed E-state index contributed by atoms with van der Waals surface area (Å²) in [5, 5.41) is 3.14. The maximum absolute atomic E-state index is 12.9. The fourth-order valence-corrected chi connectivity index (χ4v) is 2.88. The number of pyridine rings is 1. The van der Waals surface area contributed by atoms with Gasteiger partial charge in [-0.05, 0) is 49.1 Å². The van der Waals surface area contributed by atoms with Crippen LogP contribution in [0.5, 0.6) is 0 Å². The summed E-state index contributed by atoms with van der Waals surface area (Å²) in [6.07, 6.45) is 5.47. The largest absolute Gasteiger partial charge is 0.354 e. The normalized spacial score (nSPS) is 17.8. The Bertz CT molecular complexity index is 687. The van der Waals surface area contributed by atoms with Gasteiger partial charge < -0.3 is 10.2 Å². The van der Waals surface area contributed by atoms with Gasteiger partial charge in [0.05, 0.1) is 17.4 Å². The predicted octanol–water partition coefficient (Wildman–Crippen LogP) is 3.84. The smallest absolute Gasteiger partial charge is 0.255 e. The molecule has 0 aliphatic carbocycles. The Balaban J connectivity index is 1.74. The van der Waals surface area contributed by atoms with Crippen LogP contribution in [0.25, 0.3) is 0 Å². The van der Waals surface area contributed by atoms with Crippen molar-refractivity contribution in [3.05, 3.63) is 54.1 Å². The number of aromatic nitrogens is 1. The molecule has 4 nitrogen and oxygen atoms in total. The van der Waals surface area contributed by atoms with Crippen molar-refractivity contribution in [2.45, 2.75) is 19.8 Å². The Morgan fingerprint density at radius 1 is 1.26 bits per heavy atom. The van der Waals surface area contributed by atoms with Crippen molar-refractivity contribution in [3.63, 3.8) is 0 Å². The molecule has 1 aliphatic heterocycles. The van der Waals surface area contributed by atoms with E-state index in [1.54, 1.807) is 30.6 Å². The molecule has 3 rings (SSSR count). The van der Waals surface area contributed by atoms with Crippen LogP contribution in [0.4, 0.5) is 15.8 Å². The summed E-state index contributed by atoms with van der Waals surface area (Å²) in [5.41, 5.74) is 2.04. The SMILES string of the molecule is CC1CCCN(C(=O)c2cncc(Nc3ccc(F)cc3)c2)C1. The molecule has 0 radical (unpaired) electrons. The van der Waals surface area contributed by atoms with Crippen LogP contribution in [0.2, 0.25) is 0 Å². The van der Waals surface area contributed by atoms with Gasteiger partial charge in [-0.25, -0.2) is 4.39 Å². The lowest BCUT2D eigenvalue weighted by molar-refractivity contribution is 0.0682. The molecule has 5 heteroatoms. The summed E-state index contributed by atoms with van der Waals surface area (Å²) in [5.74, 6) is 0.282. The van der Waals surface area contributed by atoms with Crippen molar-refractivity contribution in [2.75, 3.05) is 18.4 Å². The van der Waals surface area contributed by atoms with Crippen molar-refractivity contribution in [3.8, 4) is 0 Å². The number of carbonyl (C=O) groups is 1. The molecule has 1 aliphatic rings. The lowest BCUT2D eigenvalue weighted by Gasteiger charge is -2.31. The summed E-state index contributed by atoms with van der Waals surface area (Å²) < 4.78 is 12.9. The Labute approximate surface area is 135 Å². The number of hydrogen-bond acceptors (Lipinski definition) is 3. The highest BCUT2D eigenvalue weighted by atomic mass is 19.1. The Hall–Kier alpha value is -2.43. The minimum Gasteiger partial charge on any atom is -0.354 e. The number of carbonyl (C=O) groups excluding carboxylic acids is 1. The molecule has 2 heterocycles. The van der Waals surface area contributed by atoms with Crippen molar-refractivity contribution < 1.29 is 9.18 Å². The number of amides is 1. The average Bonchev–Trinajstić information content (AvgIpc) is 2.56. The van der Waals surface area contributed by atoms with Gasteiger partial charge in [-0.1, -0.05) is 6.92 Å². The summed E-state index contributed by atoms with van der Waals surface area (Å²) in [6.45, 7) is 3.78. The van der Waals surface area contributed by atoms with Crippen molar-refractivity contribution in [1.29, 1.82) is 0 Å². The van der Waals surface area contributed by atoms with Gasteiger partial charge >= 0.3 is 0 Å². The summed E-state index contributed by atoms with van der Waals surface area (Å²) >= 11 is 0. The van der Waals surface area contributed by atoms with Crippen molar-refractivity contribution >= 4 is 17.3 Å². The maximum Gasteiger partial charge on any atom is 0.255 e. The molecule has 0 bridgehead atoms. The van der Waals surface area contributed by atoms with E-state index in [9.17, 15) is 9.18 Å². The molecule has 1 atom stereocenters. The van der Waals surface area contributed by atoms with Crippen LogP contribution in [0.15, 0.2) is 42.7 Å². The van der Waals surface area contributed by atoms with E-state index in [4.69, 9.17) is 0 Å². The molecule has 1 saturated heterocycles. The number of hydrogen-bond donors (Lipinski definition) is 1. The molecule has 0 saturated carbocycles. The van der Waals surface area contributed by atoms with E-state index >= 15 is 0 Å². The topological polar surface area (TPSA) is 45.2 Å². The fourth-order valence-electron chi connectivity index (χ4n) is 2.88. The standard InChI is InChI=1S/C18H20FN3O/c1-13-3-2-8-22(12-13)18(23)14-9-17(11-20-10-14)21-16-6-4-15(19)5-7-16/h4-7,9-11,13,21H,2-3,8,12H2,1H3. The van der Waals surface area contributed by atoms with Gasteiger partial charge in [0.25, 0.3) is 5.91 Å². The molecule has 23 heavy (non-hydrogen) atoms. The summed E-state index contributed by atoms with van der Waals surface area (Å²) in [6, 6.07) is 7.87. The number of rotatable bonds is 3. The summed E-state index contributed by atoms with van der Waals surface area (Å²) in [4.78, 5) is 18.6. The minimum absolute atomic E-state index is 0.0202. The second-order valence-electron chi connectivity index (χ2n) is 6.09. The van der Waals surface area contributed by atoms with Crippen LogP contribution >= 0.6 is 0 Å². The highest BCUT2D eigenvalue weighted by molar-refractivity contribution is 5.95. The van der Waals surface area contributed by atoms with E-state index in [2.05, 4.69) is 17.2 Å². The first-order chi connectivity index (χ1) is 11.1. The van der Waals surface area contributed by atoms with Gasteiger partial charge in [0.2, 0.25) is 0 Å². The molecule has 2 aromatic rings. The molecular weight excluding hydrogens is 293 g/mol. The molecule has 120 valence electrons. The van der Waals surface area contributed by atoms with Crippen LogP contribution in [0, 0.1) is 11.7 Å². The summed E-state index contributed by atoms with van der Waals surface area (Å²) in [7, 11) is 0. The molecule has 1 aromatic carbocycles. The van der Waals surface area contributed by atoms with Gasteiger partial charge in [-0.2, -0.15) is 0 Å². The zero-order valence-corrected chi connectivity index (χ0v) is 13.1. The van der Waals surface area contributed by atoms with E-state index in [1.807, 2.05) is 4.90 Å². The molecular formula is C18H20FN3O. The Kier molecular flexibility index (Phi) is 4.55. The zero-order valence-electron chi connectivity index (χ0n) is 13.1. The molecule has 1 N–H and O–H groups in total. The van der Waals surface area contributed by atoms with Crippen LogP contribution < -0.4 is 5.32 Å². The Morgan fingerprint density at radius 2 is 2.04 bits per heavy atom. The van der Waals surface area contributed by atoms with Gasteiger partial charge in [-0.3, -0.25) is 9.78 Å². The average molecular weight is 313 g/mol. The number of halogens is 1. The first-order valence-electron chi connectivity index (χ1n) is 7.89. The van der Waals surface area contributed by atoms with Crippen LogP contribution in [-0.2, 0) is 0 Å². The highest BCUT2D eigenvalue weighted by Crippen LogP contribution is 2.20. The molecule has 1 unspecified atom stereocenters. The third-order valence-corrected chi connectivity index (χ3v) is 4.06. The quantitative estimate of drug-likeness (QED) is 0.936. The zero-order chi connectivity index (χ0) is 16.2. The van der Waals surface area contributed by atoms with E-state index in [-0.39, 0.29) is 11.7 Å². The van der Waals surface area contributed by atoms with Crippen LogP contribution in [-0.4, -0.2) is 28.9 Å². The number of benzene rings is 1. The second-order valence-corrected chi connectivity index (χ2v) is 6.09. The molecule has 0 spiro atoms. The number of nitrogens with zero attached hydrogens (tertiary/aromatic N) is 2. The number of likely N-dealkylation sites (tertiary alicyclic amines) is 1. The second kappa shape index (κ2) is 6.77. The van der Waals surface area contributed by atoms with Crippen LogP contribution in [0.1, 0.15) is 30.1 Å². The van der Waals surface area contributed by atoms with Gasteiger partial charge in [0, 0.05) is 25.0 Å². The first kappa shape index (κ1) is 15.5. The highest BCUT2D eigenvalue weighted by Gasteiger charge is 2.22.